The van der Waals surface area contributed by atoms with Crippen molar-refractivity contribution in [3.63, 3.8) is 0 Å². The van der Waals surface area contributed by atoms with E-state index in [9.17, 15) is 5.11 Å². The van der Waals surface area contributed by atoms with Gasteiger partial charge in [-0.25, -0.2) is 0 Å². The SMILES string of the molecule is CCOc1cc(CN2CCC(C(C)C)CC2)cc(Br)c1O. The Bertz CT molecular complexity index is 468. The van der Waals surface area contributed by atoms with Gasteiger partial charge >= 0.3 is 0 Å². The molecule has 1 saturated heterocycles. The molecule has 0 amide bonds. The van der Waals surface area contributed by atoms with Crippen molar-refractivity contribution in [1.82, 2.24) is 4.90 Å². The molecule has 1 aromatic carbocycles. The quantitative estimate of drug-likeness (QED) is 0.848. The van der Waals surface area contributed by atoms with E-state index in [-0.39, 0.29) is 5.75 Å². The molecule has 0 spiro atoms. The summed E-state index contributed by atoms with van der Waals surface area (Å²) in [6.45, 7) is 10.4. The van der Waals surface area contributed by atoms with Crippen LogP contribution in [0.15, 0.2) is 16.6 Å². The molecule has 0 radical (unpaired) electrons. The van der Waals surface area contributed by atoms with Crippen LogP contribution >= 0.6 is 15.9 Å². The summed E-state index contributed by atoms with van der Waals surface area (Å²) >= 11 is 3.41. The van der Waals surface area contributed by atoms with Crippen LogP contribution in [0.5, 0.6) is 11.5 Å². The molecule has 2 rings (SSSR count). The number of benzene rings is 1. The van der Waals surface area contributed by atoms with Gasteiger partial charge in [-0.1, -0.05) is 13.8 Å². The number of nitrogens with zero attached hydrogens (tertiary/aromatic N) is 1. The van der Waals surface area contributed by atoms with E-state index in [2.05, 4.69) is 34.7 Å². The molecule has 21 heavy (non-hydrogen) atoms. The second-order valence-corrected chi connectivity index (χ2v) is 7.07. The number of hydrogen-bond donors (Lipinski definition) is 1. The van der Waals surface area contributed by atoms with Crippen LogP contribution in [0.4, 0.5) is 0 Å². The van der Waals surface area contributed by atoms with E-state index >= 15 is 0 Å². The summed E-state index contributed by atoms with van der Waals surface area (Å²) < 4.78 is 6.21. The van der Waals surface area contributed by atoms with Crippen molar-refractivity contribution in [2.45, 2.75) is 40.2 Å². The Morgan fingerprint density at radius 2 is 2.00 bits per heavy atom. The van der Waals surface area contributed by atoms with E-state index in [4.69, 9.17) is 4.74 Å². The van der Waals surface area contributed by atoms with Crippen molar-refractivity contribution in [3.05, 3.63) is 22.2 Å². The molecule has 0 atom stereocenters. The molecular formula is C17H26BrNO2. The van der Waals surface area contributed by atoms with E-state index in [1.807, 2.05) is 19.1 Å². The first-order chi connectivity index (χ1) is 10.0. The zero-order valence-corrected chi connectivity index (χ0v) is 14.8. The van der Waals surface area contributed by atoms with Crippen LogP contribution in [-0.2, 0) is 6.54 Å². The third-order valence-electron chi connectivity index (χ3n) is 4.37. The van der Waals surface area contributed by atoms with Crippen molar-refractivity contribution in [2.75, 3.05) is 19.7 Å². The minimum atomic E-state index is 0.194. The predicted octanol–water partition coefficient (Wildman–Crippen LogP) is 4.42. The second kappa shape index (κ2) is 7.50. The van der Waals surface area contributed by atoms with E-state index in [0.29, 0.717) is 16.8 Å². The Morgan fingerprint density at radius 3 is 2.57 bits per heavy atom. The maximum absolute atomic E-state index is 9.97. The maximum Gasteiger partial charge on any atom is 0.172 e. The van der Waals surface area contributed by atoms with Gasteiger partial charge in [0.2, 0.25) is 0 Å². The summed E-state index contributed by atoms with van der Waals surface area (Å²) in [6, 6.07) is 3.95. The van der Waals surface area contributed by atoms with E-state index in [1.165, 1.54) is 18.4 Å². The van der Waals surface area contributed by atoms with Gasteiger partial charge in [-0.3, -0.25) is 4.90 Å². The number of hydrogen-bond acceptors (Lipinski definition) is 3. The molecule has 0 aromatic heterocycles. The molecule has 4 heteroatoms. The van der Waals surface area contributed by atoms with Gasteiger partial charge in [0.25, 0.3) is 0 Å². The van der Waals surface area contributed by atoms with Gasteiger partial charge in [0.15, 0.2) is 11.5 Å². The topological polar surface area (TPSA) is 32.7 Å². The first-order valence-electron chi connectivity index (χ1n) is 7.87. The molecule has 3 nitrogen and oxygen atoms in total. The number of aromatic hydroxyl groups is 1. The molecule has 1 aliphatic heterocycles. The largest absolute Gasteiger partial charge is 0.503 e. The monoisotopic (exact) mass is 355 g/mol. The average molecular weight is 356 g/mol. The Hall–Kier alpha value is -0.740. The van der Waals surface area contributed by atoms with Crippen molar-refractivity contribution in [3.8, 4) is 11.5 Å². The van der Waals surface area contributed by atoms with E-state index in [1.54, 1.807) is 0 Å². The lowest BCUT2D eigenvalue weighted by Gasteiger charge is -2.34. The highest BCUT2D eigenvalue weighted by Crippen LogP contribution is 2.36. The summed E-state index contributed by atoms with van der Waals surface area (Å²) in [5.74, 6) is 2.42. The highest BCUT2D eigenvalue weighted by molar-refractivity contribution is 9.10. The zero-order valence-electron chi connectivity index (χ0n) is 13.2. The number of rotatable bonds is 5. The fraction of sp³-hybridized carbons (Fsp3) is 0.647. The van der Waals surface area contributed by atoms with Gasteiger partial charge in [0.05, 0.1) is 11.1 Å². The van der Waals surface area contributed by atoms with Crippen LogP contribution < -0.4 is 4.74 Å². The third kappa shape index (κ3) is 4.36. The smallest absolute Gasteiger partial charge is 0.172 e. The number of ether oxygens (including phenoxy) is 1. The van der Waals surface area contributed by atoms with Crippen LogP contribution in [0, 0.1) is 11.8 Å². The fourth-order valence-electron chi connectivity index (χ4n) is 3.02. The molecule has 0 unspecified atom stereocenters. The summed E-state index contributed by atoms with van der Waals surface area (Å²) in [4.78, 5) is 2.49. The molecule has 0 saturated carbocycles. The number of halogens is 1. The van der Waals surface area contributed by atoms with Gasteiger partial charge in [0, 0.05) is 6.54 Å². The highest BCUT2D eigenvalue weighted by atomic mass is 79.9. The van der Waals surface area contributed by atoms with Gasteiger partial charge < -0.3 is 9.84 Å². The van der Waals surface area contributed by atoms with Gasteiger partial charge in [-0.15, -0.1) is 0 Å². The molecule has 1 N–H and O–H groups in total. The van der Waals surface area contributed by atoms with Crippen molar-refractivity contribution in [2.24, 2.45) is 11.8 Å². The second-order valence-electron chi connectivity index (χ2n) is 6.21. The highest BCUT2D eigenvalue weighted by Gasteiger charge is 2.22. The lowest BCUT2D eigenvalue weighted by Crippen LogP contribution is -2.34. The summed E-state index contributed by atoms with van der Waals surface area (Å²) in [6.07, 6.45) is 2.57. The number of phenols is 1. The average Bonchev–Trinajstić information content (AvgIpc) is 2.45. The third-order valence-corrected chi connectivity index (χ3v) is 4.97. The van der Waals surface area contributed by atoms with Crippen LogP contribution in [0.3, 0.4) is 0 Å². The molecule has 118 valence electrons. The number of piperidine rings is 1. The number of phenolic OH excluding ortho intramolecular Hbond substituents is 1. The van der Waals surface area contributed by atoms with Crippen LogP contribution in [0.1, 0.15) is 39.2 Å². The molecule has 0 bridgehead atoms. The van der Waals surface area contributed by atoms with Gasteiger partial charge in [0.1, 0.15) is 0 Å². The lowest BCUT2D eigenvalue weighted by molar-refractivity contribution is 0.152. The fourth-order valence-corrected chi connectivity index (χ4v) is 3.51. The summed E-state index contributed by atoms with van der Waals surface area (Å²) in [7, 11) is 0. The Labute approximate surface area is 136 Å². The zero-order chi connectivity index (χ0) is 15.4. The molecule has 1 heterocycles. The molecule has 1 fully saturated rings. The summed E-state index contributed by atoms with van der Waals surface area (Å²) in [5.41, 5.74) is 1.19. The maximum atomic E-state index is 9.97. The van der Waals surface area contributed by atoms with Crippen molar-refractivity contribution >= 4 is 15.9 Å². The minimum Gasteiger partial charge on any atom is -0.503 e. The van der Waals surface area contributed by atoms with Crippen LogP contribution in [0.25, 0.3) is 0 Å². The van der Waals surface area contributed by atoms with Crippen molar-refractivity contribution < 1.29 is 9.84 Å². The van der Waals surface area contributed by atoms with Gasteiger partial charge in [-0.05, 0) is 78.3 Å². The van der Waals surface area contributed by atoms with Gasteiger partial charge in [-0.2, -0.15) is 0 Å². The molecule has 0 aliphatic carbocycles. The van der Waals surface area contributed by atoms with Crippen LogP contribution in [-0.4, -0.2) is 29.7 Å². The Kier molecular flexibility index (Phi) is 5.94. The Balaban J connectivity index is 2.00. The predicted molar refractivity (Wildman–Crippen MR) is 89.8 cm³/mol. The lowest BCUT2D eigenvalue weighted by atomic mass is 9.86. The van der Waals surface area contributed by atoms with Crippen LogP contribution in [0.2, 0.25) is 0 Å². The van der Waals surface area contributed by atoms with E-state index < -0.39 is 0 Å². The Morgan fingerprint density at radius 1 is 1.33 bits per heavy atom. The molecular weight excluding hydrogens is 330 g/mol. The first-order valence-corrected chi connectivity index (χ1v) is 8.67. The van der Waals surface area contributed by atoms with Crippen molar-refractivity contribution in [1.29, 1.82) is 0 Å². The standard InChI is InChI=1S/C17H26BrNO2/c1-4-21-16-10-13(9-15(18)17(16)20)11-19-7-5-14(6-8-19)12(2)3/h9-10,12,14,20H,4-8,11H2,1-3H3. The molecule has 1 aromatic rings. The summed E-state index contributed by atoms with van der Waals surface area (Å²) in [5, 5.41) is 9.97. The first kappa shape index (κ1) is 16.6. The normalized spacial score (nSPS) is 17.4. The molecule has 1 aliphatic rings. The van der Waals surface area contributed by atoms with E-state index in [0.717, 1.165) is 31.5 Å². The number of likely N-dealkylation sites (tertiary alicyclic amines) is 1. The minimum absolute atomic E-state index is 0.194.